The summed E-state index contributed by atoms with van der Waals surface area (Å²) >= 11 is 0. The first-order valence-corrected chi connectivity index (χ1v) is 6.45. The summed E-state index contributed by atoms with van der Waals surface area (Å²) in [5.74, 6) is 0.813. The predicted octanol–water partition coefficient (Wildman–Crippen LogP) is 2.17. The highest BCUT2D eigenvalue weighted by molar-refractivity contribution is 6.33. The van der Waals surface area contributed by atoms with Gasteiger partial charge in [-0.1, -0.05) is 41.4 Å². The van der Waals surface area contributed by atoms with E-state index in [-0.39, 0.29) is 0 Å². The quantitative estimate of drug-likeness (QED) is 0.615. The van der Waals surface area contributed by atoms with Crippen LogP contribution < -0.4 is 5.46 Å². The monoisotopic (exact) mass is 246 g/mol. The van der Waals surface area contributed by atoms with Gasteiger partial charge in [-0.3, -0.25) is 0 Å². The molecule has 0 N–H and O–H groups in total. The molecule has 0 amide bonds. The Labute approximate surface area is 113 Å². The SMILES string of the molecule is Bc1ccc2nc(C)nc(-c3cccc(C)c3)c2c1. The standard InChI is InChI=1S/C16H15BN2/c1-10-4-3-5-12(8-10)16-14-9-13(17)6-7-15(14)18-11(2)19-16/h3-9H,17H2,1-2H3. The maximum Gasteiger partial charge on any atom is 0.139 e. The van der Waals surface area contributed by atoms with Gasteiger partial charge in [0.25, 0.3) is 0 Å². The second-order valence-corrected chi connectivity index (χ2v) is 5.01. The molecule has 0 saturated carbocycles. The highest BCUT2D eigenvalue weighted by atomic mass is 14.9. The van der Waals surface area contributed by atoms with Crippen LogP contribution in [0, 0.1) is 13.8 Å². The molecule has 3 aromatic rings. The van der Waals surface area contributed by atoms with Crippen molar-refractivity contribution in [1.82, 2.24) is 9.97 Å². The largest absolute Gasteiger partial charge is 0.233 e. The van der Waals surface area contributed by atoms with Gasteiger partial charge in [-0.25, -0.2) is 9.97 Å². The average molecular weight is 246 g/mol. The minimum Gasteiger partial charge on any atom is -0.233 e. The first-order valence-electron chi connectivity index (χ1n) is 6.45. The van der Waals surface area contributed by atoms with E-state index in [1.165, 1.54) is 11.0 Å². The van der Waals surface area contributed by atoms with E-state index < -0.39 is 0 Å². The van der Waals surface area contributed by atoms with Crippen molar-refractivity contribution in [2.24, 2.45) is 0 Å². The fourth-order valence-electron chi connectivity index (χ4n) is 2.37. The minimum absolute atomic E-state index is 0.813. The van der Waals surface area contributed by atoms with Crippen LogP contribution in [0.4, 0.5) is 0 Å². The molecule has 92 valence electrons. The van der Waals surface area contributed by atoms with Crippen LogP contribution in [-0.2, 0) is 0 Å². The van der Waals surface area contributed by atoms with E-state index in [4.69, 9.17) is 0 Å². The molecule has 1 heterocycles. The van der Waals surface area contributed by atoms with Crippen LogP contribution in [0.25, 0.3) is 22.2 Å². The molecule has 3 rings (SSSR count). The van der Waals surface area contributed by atoms with Crippen molar-refractivity contribution in [2.75, 3.05) is 0 Å². The fourth-order valence-corrected chi connectivity index (χ4v) is 2.37. The zero-order valence-corrected chi connectivity index (χ0v) is 11.4. The molecule has 0 radical (unpaired) electrons. The number of benzene rings is 2. The lowest BCUT2D eigenvalue weighted by atomic mass is 9.93. The lowest BCUT2D eigenvalue weighted by molar-refractivity contribution is 1.10. The molecule has 0 spiro atoms. The van der Waals surface area contributed by atoms with Crippen LogP contribution in [0.15, 0.2) is 42.5 Å². The molecule has 0 saturated heterocycles. The van der Waals surface area contributed by atoms with Gasteiger partial charge in [0.2, 0.25) is 0 Å². The zero-order chi connectivity index (χ0) is 13.4. The van der Waals surface area contributed by atoms with Crippen LogP contribution in [0.1, 0.15) is 11.4 Å². The van der Waals surface area contributed by atoms with E-state index in [9.17, 15) is 0 Å². The predicted molar refractivity (Wildman–Crippen MR) is 82.6 cm³/mol. The molecule has 2 aromatic carbocycles. The molecule has 1 aromatic heterocycles. The third kappa shape index (κ3) is 2.24. The van der Waals surface area contributed by atoms with Crippen molar-refractivity contribution in [3.63, 3.8) is 0 Å². The summed E-state index contributed by atoms with van der Waals surface area (Å²) in [5, 5.41) is 1.12. The van der Waals surface area contributed by atoms with E-state index in [0.29, 0.717) is 0 Å². The number of fused-ring (bicyclic) bond motifs is 1. The first kappa shape index (κ1) is 11.9. The van der Waals surface area contributed by atoms with Crippen LogP contribution in [-0.4, -0.2) is 17.8 Å². The molecular weight excluding hydrogens is 231 g/mol. The van der Waals surface area contributed by atoms with Crippen molar-refractivity contribution in [2.45, 2.75) is 13.8 Å². The van der Waals surface area contributed by atoms with Crippen molar-refractivity contribution < 1.29 is 0 Å². The number of aryl methyl sites for hydroxylation is 2. The van der Waals surface area contributed by atoms with Gasteiger partial charge < -0.3 is 0 Å². The molecule has 0 unspecified atom stereocenters. The molecule has 0 aliphatic rings. The summed E-state index contributed by atoms with van der Waals surface area (Å²) in [7, 11) is 2.10. The summed E-state index contributed by atoms with van der Waals surface area (Å²) in [5.41, 5.74) is 5.66. The molecule has 0 aliphatic carbocycles. The number of aromatic nitrogens is 2. The normalized spacial score (nSPS) is 10.8. The first-order chi connectivity index (χ1) is 9.13. The van der Waals surface area contributed by atoms with Crippen molar-refractivity contribution in [3.8, 4) is 11.3 Å². The molecule has 2 nitrogen and oxygen atoms in total. The van der Waals surface area contributed by atoms with Crippen molar-refractivity contribution in [3.05, 3.63) is 53.9 Å². The number of hydrogen-bond acceptors (Lipinski definition) is 2. The van der Waals surface area contributed by atoms with Crippen LogP contribution in [0.3, 0.4) is 0 Å². The summed E-state index contributed by atoms with van der Waals surface area (Å²) in [6.45, 7) is 4.05. The Balaban J connectivity index is 2.36. The molecule has 0 fully saturated rings. The Hall–Kier alpha value is -2.16. The number of rotatable bonds is 1. The van der Waals surface area contributed by atoms with Gasteiger partial charge in [0.15, 0.2) is 0 Å². The Morgan fingerprint density at radius 2 is 1.79 bits per heavy atom. The number of nitrogens with zero attached hydrogens (tertiary/aromatic N) is 2. The third-order valence-electron chi connectivity index (χ3n) is 3.25. The van der Waals surface area contributed by atoms with E-state index >= 15 is 0 Å². The number of hydrogen-bond donors (Lipinski definition) is 0. The Morgan fingerprint density at radius 1 is 0.947 bits per heavy atom. The van der Waals surface area contributed by atoms with E-state index in [0.717, 1.165) is 28.0 Å². The smallest absolute Gasteiger partial charge is 0.139 e. The maximum absolute atomic E-state index is 4.64. The lowest BCUT2D eigenvalue weighted by Crippen LogP contribution is -2.03. The molecule has 0 bridgehead atoms. The average Bonchev–Trinajstić information content (AvgIpc) is 2.38. The van der Waals surface area contributed by atoms with Crippen LogP contribution in [0.5, 0.6) is 0 Å². The summed E-state index contributed by atoms with van der Waals surface area (Å²) in [6, 6.07) is 14.8. The zero-order valence-electron chi connectivity index (χ0n) is 11.4. The van der Waals surface area contributed by atoms with E-state index in [1.54, 1.807) is 0 Å². The lowest BCUT2D eigenvalue weighted by Gasteiger charge is -2.08. The van der Waals surface area contributed by atoms with Crippen molar-refractivity contribution >= 4 is 24.2 Å². The highest BCUT2D eigenvalue weighted by Crippen LogP contribution is 2.25. The molecule has 3 heteroatoms. The molecule has 0 atom stereocenters. The van der Waals surface area contributed by atoms with Gasteiger partial charge in [-0.2, -0.15) is 0 Å². The van der Waals surface area contributed by atoms with Crippen molar-refractivity contribution in [1.29, 1.82) is 0 Å². The van der Waals surface area contributed by atoms with Gasteiger partial charge >= 0.3 is 0 Å². The molecule has 0 aliphatic heterocycles. The van der Waals surface area contributed by atoms with Crippen LogP contribution in [0.2, 0.25) is 0 Å². The summed E-state index contributed by atoms with van der Waals surface area (Å²) in [4.78, 5) is 9.16. The van der Waals surface area contributed by atoms with E-state index in [1.807, 2.05) is 6.92 Å². The topological polar surface area (TPSA) is 25.8 Å². The Morgan fingerprint density at radius 3 is 2.58 bits per heavy atom. The highest BCUT2D eigenvalue weighted by Gasteiger charge is 2.08. The Bertz CT molecular complexity index is 766. The Kier molecular flexibility index (Phi) is 2.82. The maximum atomic E-state index is 4.64. The minimum atomic E-state index is 0.813. The van der Waals surface area contributed by atoms with Crippen LogP contribution >= 0.6 is 0 Å². The second kappa shape index (κ2) is 4.50. The fraction of sp³-hybridized carbons (Fsp3) is 0.125. The van der Waals surface area contributed by atoms with Gasteiger partial charge in [-0.05, 0) is 26.0 Å². The van der Waals surface area contributed by atoms with Gasteiger partial charge in [0.05, 0.1) is 11.2 Å². The van der Waals surface area contributed by atoms with Gasteiger partial charge in [-0.15, -0.1) is 0 Å². The summed E-state index contributed by atoms with van der Waals surface area (Å²) in [6.07, 6.45) is 0. The summed E-state index contributed by atoms with van der Waals surface area (Å²) < 4.78 is 0. The van der Waals surface area contributed by atoms with Gasteiger partial charge in [0.1, 0.15) is 13.7 Å². The third-order valence-corrected chi connectivity index (χ3v) is 3.25. The molecule has 19 heavy (non-hydrogen) atoms. The van der Waals surface area contributed by atoms with E-state index in [2.05, 4.69) is 67.2 Å². The second-order valence-electron chi connectivity index (χ2n) is 5.01. The van der Waals surface area contributed by atoms with Gasteiger partial charge in [0, 0.05) is 10.9 Å². The molecular formula is C16H15BN2.